The number of hydrogen-bond donors (Lipinski definition) is 4. The van der Waals surface area contributed by atoms with Crippen LogP contribution in [0.15, 0.2) is 60.8 Å². The van der Waals surface area contributed by atoms with Crippen molar-refractivity contribution in [1.29, 1.82) is 0 Å². The Kier molecular flexibility index (Phi) is 5.91. The van der Waals surface area contributed by atoms with Crippen LogP contribution in [0.5, 0.6) is 0 Å². The van der Waals surface area contributed by atoms with E-state index in [1.165, 1.54) is 35.1 Å². The summed E-state index contributed by atoms with van der Waals surface area (Å²) in [5.41, 5.74) is 11.0. The van der Waals surface area contributed by atoms with Crippen LogP contribution >= 0.6 is 0 Å². The van der Waals surface area contributed by atoms with Gasteiger partial charge in [-0.15, -0.1) is 0 Å². The molecule has 4 unspecified atom stereocenters. The summed E-state index contributed by atoms with van der Waals surface area (Å²) in [5, 5.41) is 5.75. The number of nitrogens with zero attached hydrogens (tertiary/aromatic N) is 2. The summed E-state index contributed by atoms with van der Waals surface area (Å²) in [7, 11) is 0. The van der Waals surface area contributed by atoms with Gasteiger partial charge in [0.2, 0.25) is 0 Å². The van der Waals surface area contributed by atoms with E-state index in [1.807, 2.05) is 6.07 Å². The molecule has 0 radical (unpaired) electrons. The van der Waals surface area contributed by atoms with Crippen molar-refractivity contribution in [3.05, 3.63) is 83.6 Å². The van der Waals surface area contributed by atoms with Crippen LogP contribution in [0, 0.1) is 5.92 Å². The number of H-pyrrole nitrogens is 2. The minimum Gasteiger partial charge on any atom is -0.341 e. The molecule has 2 aliphatic heterocycles. The molecule has 0 amide bonds. The lowest BCUT2D eigenvalue weighted by Gasteiger charge is -2.31. The molecule has 230 valence electrons. The quantitative estimate of drug-likeness (QED) is 0.154. The molecule has 5 aromatic rings. The third-order valence-corrected chi connectivity index (χ3v) is 10.4. The predicted octanol–water partition coefficient (Wildman–Crippen LogP) is 7.68. The summed E-state index contributed by atoms with van der Waals surface area (Å²) >= 11 is 0. The number of hydrogen-bond acceptors (Lipinski definition) is 4. The number of halogens is 4. The molecule has 2 saturated heterocycles. The molecule has 3 fully saturated rings. The van der Waals surface area contributed by atoms with Crippen molar-refractivity contribution in [3.63, 3.8) is 0 Å². The van der Waals surface area contributed by atoms with E-state index in [9.17, 15) is 17.6 Å². The van der Waals surface area contributed by atoms with Crippen molar-refractivity contribution < 1.29 is 17.6 Å². The highest BCUT2D eigenvalue weighted by molar-refractivity contribution is 5.86. The Morgan fingerprint density at radius 3 is 2.09 bits per heavy atom. The zero-order chi connectivity index (χ0) is 30.5. The van der Waals surface area contributed by atoms with Gasteiger partial charge in [0.15, 0.2) is 0 Å². The van der Waals surface area contributed by atoms with Crippen LogP contribution in [0.1, 0.15) is 66.5 Å². The second-order valence-corrected chi connectivity index (χ2v) is 13.3. The largest absolute Gasteiger partial charge is 0.341 e. The maximum absolute atomic E-state index is 13.8. The van der Waals surface area contributed by atoms with Crippen molar-refractivity contribution in [3.8, 4) is 33.5 Å². The molecule has 4 heterocycles. The van der Waals surface area contributed by atoms with E-state index in [0.29, 0.717) is 23.5 Å². The predicted molar refractivity (Wildman–Crippen MR) is 164 cm³/mol. The summed E-state index contributed by atoms with van der Waals surface area (Å²) in [6.07, 6.45) is 4.70. The van der Waals surface area contributed by atoms with Crippen LogP contribution in [0.25, 0.3) is 44.5 Å². The molecule has 2 aliphatic carbocycles. The normalized spacial score (nSPS) is 26.2. The average Bonchev–Trinajstić information content (AvgIpc) is 3.83. The van der Waals surface area contributed by atoms with Crippen LogP contribution in [0.2, 0.25) is 0 Å². The van der Waals surface area contributed by atoms with Crippen LogP contribution in [0.4, 0.5) is 17.6 Å². The first-order chi connectivity index (χ1) is 21.7. The van der Waals surface area contributed by atoms with E-state index in [0.717, 1.165) is 39.8 Å². The number of nitrogens with one attached hydrogen (secondary N) is 4. The first-order valence-corrected chi connectivity index (χ1v) is 15.7. The summed E-state index contributed by atoms with van der Waals surface area (Å²) in [5.74, 6) is -3.11. The zero-order valence-electron chi connectivity index (χ0n) is 24.4. The molecule has 9 rings (SSSR count). The van der Waals surface area contributed by atoms with E-state index in [2.05, 4.69) is 79.1 Å². The second kappa shape index (κ2) is 9.74. The maximum Gasteiger partial charge on any atom is 0.262 e. The monoisotopic (exact) mass is 612 g/mol. The first-order valence-electron chi connectivity index (χ1n) is 15.7. The molecule has 6 nitrogen and oxygen atoms in total. The highest BCUT2D eigenvalue weighted by Crippen LogP contribution is 2.56. The van der Waals surface area contributed by atoms with Gasteiger partial charge in [0.25, 0.3) is 11.8 Å². The van der Waals surface area contributed by atoms with E-state index in [4.69, 9.17) is 0 Å². The smallest absolute Gasteiger partial charge is 0.262 e. The van der Waals surface area contributed by atoms with Gasteiger partial charge < -0.3 is 20.6 Å². The average molecular weight is 613 g/mol. The SMILES string of the molecule is FC1(F)CNC(c2ncc(-c3ccc(-c4ccc(-c5ccc6nc(C7CC(F)(F)CN7)[nH]c6c5)c5c4C4CCC4C5)cc3)[nH]2)C1. The number of alkyl halides is 4. The molecule has 0 spiro atoms. The molecule has 4 atom stereocenters. The van der Waals surface area contributed by atoms with Gasteiger partial charge in [0, 0.05) is 12.8 Å². The molecule has 1 saturated carbocycles. The van der Waals surface area contributed by atoms with Crippen LogP contribution in [-0.2, 0) is 6.42 Å². The number of rotatable bonds is 5. The Labute approximate surface area is 257 Å². The van der Waals surface area contributed by atoms with Crippen molar-refractivity contribution in [2.75, 3.05) is 13.1 Å². The minimum atomic E-state index is -2.71. The topological polar surface area (TPSA) is 81.4 Å². The molecule has 45 heavy (non-hydrogen) atoms. The first kappa shape index (κ1) is 27.3. The van der Waals surface area contributed by atoms with Gasteiger partial charge in [-0.05, 0) is 82.2 Å². The van der Waals surface area contributed by atoms with Gasteiger partial charge in [0.1, 0.15) is 11.6 Å². The number of benzene rings is 3. The van der Waals surface area contributed by atoms with Gasteiger partial charge >= 0.3 is 0 Å². The van der Waals surface area contributed by atoms with Crippen LogP contribution in [0.3, 0.4) is 0 Å². The minimum absolute atomic E-state index is 0.249. The standard InChI is InChI=1S/C35H32F4N6/c36-34(37)13-28(41-16-34)32-40-15-30(45-32)19-3-1-18(2-4-19)23-9-8-22(25-11-20-5-7-24(20)31(23)25)21-6-10-26-27(12-21)44-33(43-26)29-14-35(38,39)17-42-29/h1-4,6,8-10,12,15,20,24,28-29,41-42H,5,7,11,13-14,16-17H2,(H,40,45)(H,43,44). The highest BCUT2D eigenvalue weighted by Gasteiger charge is 2.43. The summed E-state index contributed by atoms with van der Waals surface area (Å²) in [6, 6.07) is 18.1. The second-order valence-electron chi connectivity index (χ2n) is 13.3. The fourth-order valence-electron chi connectivity index (χ4n) is 7.96. The molecule has 3 aromatic carbocycles. The maximum atomic E-state index is 13.8. The lowest BCUT2D eigenvalue weighted by Crippen LogP contribution is -2.19. The molecule has 2 aromatic heterocycles. The van der Waals surface area contributed by atoms with E-state index >= 15 is 0 Å². The summed E-state index contributed by atoms with van der Waals surface area (Å²) in [4.78, 5) is 15.6. The summed E-state index contributed by atoms with van der Waals surface area (Å²) in [6.45, 7) is -0.649. The Morgan fingerprint density at radius 2 is 1.40 bits per heavy atom. The zero-order valence-corrected chi connectivity index (χ0v) is 24.4. The fourth-order valence-corrected chi connectivity index (χ4v) is 7.96. The van der Waals surface area contributed by atoms with Crippen LogP contribution in [-0.4, -0.2) is 44.9 Å². The Bertz CT molecular complexity index is 1940. The van der Waals surface area contributed by atoms with Crippen molar-refractivity contribution in [1.82, 2.24) is 30.6 Å². The molecule has 4 N–H and O–H groups in total. The Hall–Kier alpha value is -4.02. The van der Waals surface area contributed by atoms with Gasteiger partial charge in [-0.25, -0.2) is 27.5 Å². The lowest BCUT2D eigenvalue weighted by molar-refractivity contribution is 0.0201. The number of imidazole rings is 2. The van der Waals surface area contributed by atoms with Crippen LogP contribution < -0.4 is 10.6 Å². The van der Waals surface area contributed by atoms with E-state index in [1.54, 1.807) is 6.20 Å². The Morgan fingerprint density at radius 1 is 0.711 bits per heavy atom. The van der Waals surface area contributed by atoms with Crippen molar-refractivity contribution in [2.24, 2.45) is 5.92 Å². The van der Waals surface area contributed by atoms with E-state index < -0.39 is 23.9 Å². The van der Waals surface area contributed by atoms with Crippen molar-refractivity contribution in [2.45, 2.75) is 62.0 Å². The molecule has 0 bridgehead atoms. The molecule has 4 aliphatic rings. The Balaban J connectivity index is 1.02. The fraction of sp³-hybridized carbons (Fsp3) is 0.371. The number of aromatic amines is 2. The summed E-state index contributed by atoms with van der Waals surface area (Å²) < 4.78 is 55.0. The number of fused-ring (bicyclic) bond motifs is 4. The van der Waals surface area contributed by atoms with Gasteiger partial charge in [-0.1, -0.05) is 42.5 Å². The lowest BCUT2D eigenvalue weighted by atomic mass is 9.73. The molecule has 10 heteroatoms. The van der Waals surface area contributed by atoms with Gasteiger partial charge in [0.05, 0.1) is 48.1 Å². The van der Waals surface area contributed by atoms with E-state index in [-0.39, 0.29) is 25.9 Å². The van der Waals surface area contributed by atoms with Gasteiger partial charge in [-0.2, -0.15) is 0 Å². The molecular weight excluding hydrogens is 580 g/mol. The third-order valence-electron chi connectivity index (χ3n) is 10.4. The van der Waals surface area contributed by atoms with Crippen molar-refractivity contribution >= 4 is 11.0 Å². The highest BCUT2D eigenvalue weighted by atomic mass is 19.3. The third kappa shape index (κ3) is 4.60. The number of aromatic nitrogens is 4. The van der Waals surface area contributed by atoms with Gasteiger partial charge in [-0.3, -0.25) is 0 Å². The molecular formula is C35H32F4N6.